The molecule has 0 aliphatic carbocycles. The number of halogens is 1. The summed E-state index contributed by atoms with van der Waals surface area (Å²) in [7, 11) is 0. The van der Waals surface area contributed by atoms with Crippen LogP contribution in [0, 0.1) is 0 Å². The molecule has 3 aromatic carbocycles. The van der Waals surface area contributed by atoms with Crippen molar-refractivity contribution < 1.29 is 14.3 Å². The molecule has 0 bridgehead atoms. The lowest BCUT2D eigenvalue weighted by Gasteiger charge is -2.08. The molecule has 0 saturated carbocycles. The first-order valence-electron chi connectivity index (χ1n) is 9.41. The third-order valence-corrected chi connectivity index (χ3v) is 6.01. The number of carbonyl (C=O) groups is 1. The fourth-order valence-electron chi connectivity index (χ4n) is 2.95. The molecular formula is C24H18ClNO3S. The van der Waals surface area contributed by atoms with E-state index in [-0.39, 0.29) is 0 Å². The van der Waals surface area contributed by atoms with E-state index in [0.717, 1.165) is 10.1 Å². The van der Waals surface area contributed by atoms with Crippen LogP contribution in [0.25, 0.3) is 10.1 Å². The second-order valence-corrected chi connectivity index (χ2v) is 7.76. The number of hydrogen-bond acceptors (Lipinski definition) is 5. The van der Waals surface area contributed by atoms with E-state index in [9.17, 15) is 4.79 Å². The van der Waals surface area contributed by atoms with Gasteiger partial charge in [0, 0.05) is 21.9 Å². The summed E-state index contributed by atoms with van der Waals surface area (Å²) in [5.74, 6) is 0.619. The Morgan fingerprint density at radius 2 is 1.70 bits per heavy atom. The van der Waals surface area contributed by atoms with Gasteiger partial charge < -0.3 is 9.47 Å². The van der Waals surface area contributed by atoms with Gasteiger partial charge in [0.25, 0.3) is 0 Å². The SMILES string of the molecule is CCOc1ccccc1N=Cc1ccccc1OC(=O)c1sc2ccccc2c1Cl. The molecule has 30 heavy (non-hydrogen) atoms. The van der Waals surface area contributed by atoms with Gasteiger partial charge in [-0.15, -0.1) is 11.3 Å². The molecule has 0 unspecified atom stereocenters. The summed E-state index contributed by atoms with van der Waals surface area (Å²) in [6.45, 7) is 2.48. The number of para-hydroxylation sites is 3. The van der Waals surface area contributed by atoms with Crippen LogP contribution in [0.3, 0.4) is 0 Å². The molecular weight excluding hydrogens is 418 g/mol. The molecule has 0 fully saturated rings. The number of rotatable bonds is 6. The number of thiophene rings is 1. The molecule has 150 valence electrons. The second kappa shape index (κ2) is 9.11. The molecule has 0 N–H and O–H groups in total. The van der Waals surface area contributed by atoms with Gasteiger partial charge in [-0.3, -0.25) is 4.99 Å². The van der Waals surface area contributed by atoms with Crippen LogP contribution in [0.15, 0.2) is 77.8 Å². The van der Waals surface area contributed by atoms with Crippen LogP contribution >= 0.6 is 22.9 Å². The quantitative estimate of drug-likeness (QED) is 0.187. The molecule has 4 nitrogen and oxygen atoms in total. The van der Waals surface area contributed by atoms with Crippen LogP contribution in [0.1, 0.15) is 22.2 Å². The number of ether oxygens (including phenoxy) is 2. The largest absolute Gasteiger partial charge is 0.492 e. The lowest BCUT2D eigenvalue weighted by atomic mass is 10.2. The standard InChI is InChI=1S/C24H18ClNO3S/c1-2-28-20-13-7-5-11-18(20)26-15-16-9-3-6-12-19(16)29-24(27)23-22(25)17-10-4-8-14-21(17)30-23/h3-15H,2H2,1H3. The molecule has 0 spiro atoms. The maximum Gasteiger partial charge on any atom is 0.355 e. The predicted octanol–water partition coefficient (Wildman–Crippen LogP) is 6.92. The lowest BCUT2D eigenvalue weighted by Crippen LogP contribution is -2.08. The molecule has 1 aromatic heterocycles. The topological polar surface area (TPSA) is 47.9 Å². The molecule has 0 amide bonds. The number of fused-ring (bicyclic) bond motifs is 1. The van der Waals surface area contributed by atoms with Gasteiger partial charge in [-0.25, -0.2) is 4.79 Å². The molecule has 4 rings (SSSR count). The minimum Gasteiger partial charge on any atom is -0.492 e. The second-order valence-electron chi connectivity index (χ2n) is 6.33. The van der Waals surface area contributed by atoms with E-state index in [1.165, 1.54) is 11.3 Å². The number of aliphatic imine (C=N–C) groups is 1. The van der Waals surface area contributed by atoms with Gasteiger partial charge in [-0.05, 0) is 37.3 Å². The van der Waals surface area contributed by atoms with Gasteiger partial charge in [-0.2, -0.15) is 0 Å². The Bertz CT molecular complexity index is 1230. The highest BCUT2D eigenvalue weighted by atomic mass is 35.5. The van der Waals surface area contributed by atoms with Crippen molar-refractivity contribution in [1.29, 1.82) is 0 Å². The van der Waals surface area contributed by atoms with E-state index in [0.29, 0.717) is 39.3 Å². The summed E-state index contributed by atoms with van der Waals surface area (Å²) >= 11 is 7.73. The Labute approximate surface area is 183 Å². The van der Waals surface area contributed by atoms with Crippen molar-refractivity contribution in [1.82, 2.24) is 0 Å². The number of benzene rings is 3. The third-order valence-electron chi connectivity index (χ3n) is 4.35. The Balaban J connectivity index is 1.61. The highest BCUT2D eigenvalue weighted by molar-refractivity contribution is 7.21. The smallest absolute Gasteiger partial charge is 0.355 e. The first-order chi connectivity index (χ1) is 14.7. The predicted molar refractivity (Wildman–Crippen MR) is 123 cm³/mol. The van der Waals surface area contributed by atoms with Crippen molar-refractivity contribution in [3.8, 4) is 11.5 Å². The minimum atomic E-state index is -0.489. The van der Waals surface area contributed by atoms with Crippen LogP contribution < -0.4 is 9.47 Å². The molecule has 4 aromatic rings. The first-order valence-corrected chi connectivity index (χ1v) is 10.6. The average Bonchev–Trinajstić information content (AvgIpc) is 3.11. The van der Waals surface area contributed by atoms with Crippen LogP contribution in [-0.2, 0) is 0 Å². The zero-order valence-electron chi connectivity index (χ0n) is 16.2. The molecule has 0 aliphatic rings. The monoisotopic (exact) mass is 435 g/mol. The van der Waals surface area contributed by atoms with Crippen molar-refractivity contribution in [2.45, 2.75) is 6.92 Å². The summed E-state index contributed by atoms with van der Waals surface area (Å²) < 4.78 is 12.2. The van der Waals surface area contributed by atoms with Crippen LogP contribution in [0.5, 0.6) is 11.5 Å². The van der Waals surface area contributed by atoms with E-state index in [1.54, 1.807) is 18.3 Å². The summed E-state index contributed by atoms with van der Waals surface area (Å²) in [4.78, 5) is 17.7. The maximum absolute atomic E-state index is 12.8. The number of hydrogen-bond donors (Lipinski definition) is 0. The van der Waals surface area contributed by atoms with Crippen LogP contribution in [0.2, 0.25) is 5.02 Å². The maximum atomic E-state index is 12.8. The molecule has 1 heterocycles. The number of carbonyl (C=O) groups excluding carboxylic acids is 1. The Morgan fingerprint density at radius 3 is 2.50 bits per heavy atom. The zero-order valence-corrected chi connectivity index (χ0v) is 17.7. The minimum absolute atomic E-state index is 0.381. The van der Waals surface area contributed by atoms with Crippen molar-refractivity contribution >= 4 is 50.9 Å². The van der Waals surface area contributed by atoms with Crippen molar-refractivity contribution in [3.05, 3.63) is 88.3 Å². The van der Waals surface area contributed by atoms with Gasteiger partial charge in [0.05, 0.1) is 11.6 Å². The average molecular weight is 436 g/mol. The van der Waals surface area contributed by atoms with E-state index in [2.05, 4.69) is 4.99 Å². The van der Waals surface area contributed by atoms with Crippen LogP contribution in [-0.4, -0.2) is 18.8 Å². The molecule has 0 atom stereocenters. The Hall–Kier alpha value is -3.15. The van der Waals surface area contributed by atoms with E-state index >= 15 is 0 Å². The molecule has 0 saturated heterocycles. The molecule has 6 heteroatoms. The van der Waals surface area contributed by atoms with Crippen LogP contribution in [0.4, 0.5) is 5.69 Å². The highest BCUT2D eigenvalue weighted by Gasteiger charge is 2.19. The van der Waals surface area contributed by atoms with Gasteiger partial charge >= 0.3 is 5.97 Å². The highest BCUT2D eigenvalue weighted by Crippen LogP contribution is 2.36. The Morgan fingerprint density at radius 1 is 1.00 bits per heavy atom. The number of nitrogens with zero attached hydrogens (tertiary/aromatic N) is 1. The summed E-state index contributed by atoms with van der Waals surface area (Å²) in [5.41, 5.74) is 1.38. The van der Waals surface area contributed by atoms with Crippen molar-refractivity contribution in [2.24, 2.45) is 4.99 Å². The van der Waals surface area contributed by atoms with Gasteiger partial charge in [-0.1, -0.05) is 54.1 Å². The molecule has 0 radical (unpaired) electrons. The fourth-order valence-corrected chi connectivity index (χ4v) is 4.34. The van der Waals surface area contributed by atoms with E-state index in [1.807, 2.05) is 67.6 Å². The lowest BCUT2D eigenvalue weighted by molar-refractivity contribution is 0.0740. The third kappa shape index (κ3) is 4.22. The van der Waals surface area contributed by atoms with Crippen molar-refractivity contribution in [2.75, 3.05) is 6.61 Å². The summed E-state index contributed by atoms with van der Waals surface area (Å²) in [6.07, 6.45) is 1.66. The summed E-state index contributed by atoms with van der Waals surface area (Å²) in [5, 5.41) is 1.26. The van der Waals surface area contributed by atoms with Gasteiger partial charge in [0.2, 0.25) is 0 Å². The number of esters is 1. The summed E-state index contributed by atoms with van der Waals surface area (Å²) in [6, 6.07) is 22.4. The van der Waals surface area contributed by atoms with E-state index in [4.69, 9.17) is 21.1 Å². The fraction of sp³-hybridized carbons (Fsp3) is 0.0833. The van der Waals surface area contributed by atoms with Gasteiger partial charge in [0.15, 0.2) is 0 Å². The normalized spacial score (nSPS) is 11.1. The van der Waals surface area contributed by atoms with E-state index < -0.39 is 5.97 Å². The van der Waals surface area contributed by atoms with Crippen molar-refractivity contribution in [3.63, 3.8) is 0 Å². The Kier molecular flexibility index (Phi) is 6.12. The van der Waals surface area contributed by atoms with Gasteiger partial charge in [0.1, 0.15) is 22.1 Å². The first kappa shape index (κ1) is 20.1. The zero-order chi connectivity index (χ0) is 20.9. The molecule has 0 aliphatic heterocycles.